The Labute approximate surface area is 151 Å². The van der Waals surface area contributed by atoms with Gasteiger partial charge in [-0.15, -0.1) is 0 Å². The zero-order valence-electron chi connectivity index (χ0n) is 15.2. The van der Waals surface area contributed by atoms with Crippen LogP contribution in [-0.2, 0) is 4.79 Å². The molecule has 2 N–H and O–H groups in total. The number of rotatable bonds is 5. The Morgan fingerprint density at radius 3 is 2.60 bits per heavy atom. The smallest absolute Gasteiger partial charge is 0.241 e. The minimum Gasteiger partial charge on any atom is -0.393 e. The number of benzene rings is 1. The molecule has 1 saturated carbocycles. The van der Waals surface area contributed by atoms with Crippen LogP contribution in [0.15, 0.2) is 30.3 Å². The highest BCUT2D eigenvalue weighted by Gasteiger charge is 2.30. The molecule has 1 saturated heterocycles. The van der Waals surface area contributed by atoms with E-state index in [0.29, 0.717) is 12.5 Å². The molecule has 5 nitrogen and oxygen atoms in total. The maximum absolute atomic E-state index is 13.0. The highest BCUT2D eigenvalue weighted by molar-refractivity contribution is 5.83. The van der Waals surface area contributed by atoms with Crippen molar-refractivity contribution in [2.24, 2.45) is 5.92 Å². The quantitative estimate of drug-likeness (QED) is 0.852. The van der Waals surface area contributed by atoms with Gasteiger partial charge in [0.1, 0.15) is 6.04 Å². The van der Waals surface area contributed by atoms with Crippen molar-refractivity contribution in [3.63, 3.8) is 0 Å². The second-order valence-electron chi connectivity index (χ2n) is 7.58. The number of piperazine rings is 1. The van der Waals surface area contributed by atoms with Crippen molar-refractivity contribution in [1.29, 1.82) is 0 Å². The molecule has 1 aromatic rings. The maximum atomic E-state index is 13.0. The normalized spacial score (nSPS) is 27.0. The molecule has 3 rings (SSSR count). The molecule has 0 bridgehead atoms. The summed E-state index contributed by atoms with van der Waals surface area (Å²) in [5, 5.41) is 13.0. The number of hydrogen-bond acceptors (Lipinski definition) is 4. The van der Waals surface area contributed by atoms with Gasteiger partial charge in [-0.25, -0.2) is 0 Å². The maximum Gasteiger partial charge on any atom is 0.241 e. The number of aliphatic hydroxyl groups excluding tert-OH is 1. The lowest BCUT2D eigenvalue weighted by Gasteiger charge is -2.37. The van der Waals surface area contributed by atoms with Crippen molar-refractivity contribution in [3.05, 3.63) is 35.9 Å². The Balaban J connectivity index is 1.65. The van der Waals surface area contributed by atoms with Crippen LogP contribution in [-0.4, -0.2) is 66.7 Å². The number of likely N-dealkylation sites (N-methyl/N-ethyl adjacent to an activating group) is 1. The first-order chi connectivity index (χ1) is 12.1. The molecular formula is C20H31N3O2. The van der Waals surface area contributed by atoms with Gasteiger partial charge >= 0.3 is 0 Å². The van der Waals surface area contributed by atoms with Gasteiger partial charge in [-0.05, 0) is 37.8 Å². The van der Waals surface area contributed by atoms with E-state index in [9.17, 15) is 9.90 Å². The highest BCUT2D eigenvalue weighted by atomic mass is 16.3. The predicted octanol–water partition coefficient (Wildman–Crippen LogP) is 1.64. The molecule has 138 valence electrons. The molecular weight excluding hydrogens is 314 g/mol. The summed E-state index contributed by atoms with van der Waals surface area (Å²) in [5.41, 5.74) is 1.06. The van der Waals surface area contributed by atoms with Gasteiger partial charge in [0.05, 0.1) is 6.10 Å². The number of aliphatic hydroxyl groups is 1. The van der Waals surface area contributed by atoms with Crippen molar-refractivity contribution in [1.82, 2.24) is 15.1 Å². The molecule has 1 amide bonds. The molecule has 25 heavy (non-hydrogen) atoms. The van der Waals surface area contributed by atoms with Gasteiger partial charge in [0.2, 0.25) is 5.91 Å². The number of carbonyl (C=O) groups is 1. The molecule has 1 aliphatic carbocycles. The molecule has 1 heterocycles. The van der Waals surface area contributed by atoms with Gasteiger partial charge in [0, 0.05) is 32.7 Å². The summed E-state index contributed by atoms with van der Waals surface area (Å²) in [4.78, 5) is 17.6. The van der Waals surface area contributed by atoms with Crippen LogP contribution in [0.3, 0.4) is 0 Å². The molecule has 0 aromatic heterocycles. The molecule has 3 atom stereocenters. The van der Waals surface area contributed by atoms with Crippen molar-refractivity contribution in [3.8, 4) is 0 Å². The summed E-state index contributed by atoms with van der Waals surface area (Å²) in [6, 6.07) is 9.88. The van der Waals surface area contributed by atoms with Gasteiger partial charge in [-0.2, -0.15) is 0 Å². The lowest BCUT2D eigenvalue weighted by atomic mass is 9.87. The fourth-order valence-corrected chi connectivity index (χ4v) is 4.03. The lowest BCUT2D eigenvalue weighted by Crippen LogP contribution is -2.50. The van der Waals surface area contributed by atoms with Crippen molar-refractivity contribution >= 4 is 5.91 Å². The Morgan fingerprint density at radius 1 is 1.20 bits per heavy atom. The van der Waals surface area contributed by atoms with Crippen LogP contribution >= 0.6 is 0 Å². The second kappa shape index (κ2) is 8.79. The zero-order chi connectivity index (χ0) is 17.6. The first-order valence-electron chi connectivity index (χ1n) is 9.57. The third-order valence-corrected chi connectivity index (χ3v) is 5.59. The summed E-state index contributed by atoms with van der Waals surface area (Å²) < 4.78 is 0. The molecule has 5 heteroatoms. The molecule has 1 aromatic carbocycles. The summed E-state index contributed by atoms with van der Waals surface area (Å²) in [6.07, 6.45) is 3.67. The summed E-state index contributed by atoms with van der Waals surface area (Å²) >= 11 is 0. The van der Waals surface area contributed by atoms with E-state index in [4.69, 9.17) is 0 Å². The van der Waals surface area contributed by atoms with E-state index in [1.807, 2.05) is 30.3 Å². The van der Waals surface area contributed by atoms with Crippen molar-refractivity contribution in [2.45, 2.75) is 37.8 Å². The van der Waals surface area contributed by atoms with Crippen molar-refractivity contribution < 1.29 is 9.90 Å². The highest BCUT2D eigenvalue weighted by Crippen LogP contribution is 2.25. The van der Waals surface area contributed by atoms with E-state index >= 15 is 0 Å². The van der Waals surface area contributed by atoms with Gasteiger partial charge < -0.3 is 15.3 Å². The minimum atomic E-state index is -0.219. The molecule has 0 spiro atoms. The Hall–Kier alpha value is -1.43. The van der Waals surface area contributed by atoms with Crippen LogP contribution in [0.5, 0.6) is 0 Å². The van der Waals surface area contributed by atoms with Crippen LogP contribution in [0.2, 0.25) is 0 Å². The number of nitrogens with zero attached hydrogens (tertiary/aromatic N) is 2. The number of nitrogens with one attached hydrogen (secondary N) is 1. The van der Waals surface area contributed by atoms with E-state index < -0.39 is 0 Å². The van der Waals surface area contributed by atoms with Crippen LogP contribution in [0.1, 0.15) is 37.3 Å². The first kappa shape index (κ1) is 18.4. The van der Waals surface area contributed by atoms with Gasteiger partial charge in [-0.1, -0.05) is 36.8 Å². The lowest BCUT2D eigenvalue weighted by molar-refractivity contribution is -0.127. The van der Waals surface area contributed by atoms with Crippen LogP contribution < -0.4 is 5.32 Å². The number of amides is 1. The molecule has 2 fully saturated rings. The fraction of sp³-hybridized carbons (Fsp3) is 0.650. The van der Waals surface area contributed by atoms with E-state index in [1.54, 1.807) is 0 Å². The Kier molecular flexibility index (Phi) is 6.45. The average molecular weight is 345 g/mol. The summed E-state index contributed by atoms with van der Waals surface area (Å²) in [6.45, 7) is 4.47. The fourth-order valence-electron chi connectivity index (χ4n) is 4.03. The number of hydrogen-bond donors (Lipinski definition) is 2. The topological polar surface area (TPSA) is 55.8 Å². The van der Waals surface area contributed by atoms with Gasteiger partial charge in [0.15, 0.2) is 0 Å². The Bertz CT molecular complexity index is 543. The SMILES string of the molecule is CN1CCN(C(C(=O)NCC2CCCC(O)C2)c2ccccc2)CC1. The monoisotopic (exact) mass is 345 g/mol. The molecule has 0 radical (unpaired) electrons. The van der Waals surface area contributed by atoms with Crippen LogP contribution in [0.25, 0.3) is 0 Å². The average Bonchev–Trinajstić information content (AvgIpc) is 2.63. The standard InChI is InChI=1S/C20H31N3O2/c1-22-10-12-23(13-11-22)19(17-7-3-2-4-8-17)20(25)21-15-16-6-5-9-18(24)14-16/h2-4,7-8,16,18-19,24H,5-6,9-15H2,1H3,(H,21,25). The third kappa shape index (κ3) is 5.03. The second-order valence-corrected chi connectivity index (χ2v) is 7.58. The molecule has 1 aliphatic heterocycles. The van der Waals surface area contributed by atoms with Crippen LogP contribution in [0, 0.1) is 5.92 Å². The summed E-state index contributed by atoms with van der Waals surface area (Å²) in [5.74, 6) is 0.493. The van der Waals surface area contributed by atoms with Crippen molar-refractivity contribution in [2.75, 3.05) is 39.8 Å². The van der Waals surface area contributed by atoms with E-state index in [-0.39, 0.29) is 18.1 Å². The minimum absolute atomic E-state index is 0.0933. The summed E-state index contributed by atoms with van der Waals surface area (Å²) in [7, 11) is 2.13. The molecule has 2 aliphatic rings. The van der Waals surface area contributed by atoms with E-state index in [0.717, 1.165) is 57.4 Å². The van der Waals surface area contributed by atoms with Gasteiger partial charge in [0.25, 0.3) is 0 Å². The Morgan fingerprint density at radius 2 is 1.92 bits per heavy atom. The third-order valence-electron chi connectivity index (χ3n) is 5.59. The largest absolute Gasteiger partial charge is 0.393 e. The van der Waals surface area contributed by atoms with Crippen LogP contribution in [0.4, 0.5) is 0 Å². The van der Waals surface area contributed by atoms with E-state index in [2.05, 4.69) is 22.2 Å². The van der Waals surface area contributed by atoms with E-state index in [1.165, 1.54) is 0 Å². The molecule has 3 unspecified atom stereocenters. The zero-order valence-corrected chi connectivity index (χ0v) is 15.2. The van der Waals surface area contributed by atoms with Gasteiger partial charge in [-0.3, -0.25) is 9.69 Å². The predicted molar refractivity (Wildman–Crippen MR) is 99.2 cm³/mol. The first-order valence-corrected chi connectivity index (χ1v) is 9.57. The number of carbonyl (C=O) groups excluding carboxylic acids is 1.